The Morgan fingerprint density at radius 3 is 2.18 bits per heavy atom. The molecule has 61 heavy (non-hydrogen) atoms. The Bertz CT molecular complexity index is 2900. The first-order valence-electron chi connectivity index (χ1n) is 21.7. The van der Waals surface area contributed by atoms with E-state index in [4.69, 9.17) is 9.97 Å². The first kappa shape index (κ1) is 37.7. The fraction of sp³-hybridized carbons (Fsp3) is 0.467. The van der Waals surface area contributed by atoms with Gasteiger partial charge >= 0.3 is 0 Å². The van der Waals surface area contributed by atoms with E-state index in [1.807, 2.05) is 12.4 Å². The zero-order chi connectivity index (χ0) is 41.6. The molecule has 16 nitrogen and oxygen atoms in total. The third kappa shape index (κ3) is 6.23. The predicted molar refractivity (Wildman–Crippen MR) is 224 cm³/mol. The molecular formula is C45H48N10O6. The van der Waals surface area contributed by atoms with Gasteiger partial charge in [-0.05, 0) is 105 Å². The van der Waals surface area contributed by atoms with Gasteiger partial charge in [0.05, 0.1) is 36.6 Å². The highest BCUT2D eigenvalue weighted by atomic mass is 16.3. The van der Waals surface area contributed by atoms with Gasteiger partial charge in [0, 0.05) is 54.6 Å². The summed E-state index contributed by atoms with van der Waals surface area (Å²) in [6.45, 7) is 1.26. The lowest BCUT2D eigenvalue weighted by molar-refractivity contribution is 0.0923. The summed E-state index contributed by atoms with van der Waals surface area (Å²) in [5.41, 5.74) is 2.02. The monoisotopic (exact) mass is 824 g/mol. The molecular weight excluding hydrogens is 777 g/mol. The third-order valence-corrected chi connectivity index (χ3v) is 14.6. The van der Waals surface area contributed by atoms with Crippen molar-refractivity contribution in [2.75, 3.05) is 13.1 Å². The lowest BCUT2D eigenvalue weighted by atomic mass is 9.83. The standard InChI is InChI=1S/C45H48N10O6/c56-33-22-52-24-44(10-3-4-11-44)55-15-9-30-35-31(32(35)21-48-41(30)55)17-29(20-49-43(61)37(51-52)39(33)59)28-7-12-45(18-28)25-53-23-34(57)38(58)36(50-53)42(60)46-13-5-1-2-6-26-16-27-8-14-54(45)40(27)47-19-26/h8-9,14-16,19,21-23,28-29,31,56-57H,1-7,10-13,17-18,20,24-25H2,(H,46,60)(H,49,61). The van der Waals surface area contributed by atoms with Crippen molar-refractivity contribution in [2.45, 2.75) is 107 Å². The molecule has 0 aromatic carbocycles. The maximum atomic E-state index is 14.0. The number of nitrogens with zero attached hydrogens (tertiary/aromatic N) is 8. The van der Waals surface area contributed by atoms with Crippen LogP contribution in [0.4, 0.5) is 0 Å². The number of amides is 2. The van der Waals surface area contributed by atoms with Crippen LogP contribution in [-0.2, 0) is 30.6 Å². The number of pyridine rings is 2. The fourth-order valence-corrected chi connectivity index (χ4v) is 11.5. The van der Waals surface area contributed by atoms with Gasteiger partial charge in [-0.1, -0.05) is 19.3 Å². The number of fused-ring (bicyclic) bond motifs is 11. The number of hydrogen-bond donors (Lipinski definition) is 4. The van der Waals surface area contributed by atoms with Crippen molar-refractivity contribution in [1.82, 2.24) is 49.3 Å². The van der Waals surface area contributed by atoms with Crippen molar-refractivity contribution >= 4 is 33.9 Å². The minimum absolute atomic E-state index is 0.0537. The summed E-state index contributed by atoms with van der Waals surface area (Å²) in [5, 5.41) is 38.9. The van der Waals surface area contributed by atoms with Crippen LogP contribution in [0.25, 0.3) is 22.1 Å². The lowest BCUT2D eigenvalue weighted by Crippen LogP contribution is -2.40. The van der Waals surface area contributed by atoms with Crippen LogP contribution < -0.4 is 21.5 Å². The Labute approximate surface area is 349 Å². The average molecular weight is 825 g/mol. The SMILES string of the molecule is O=C1NCCCCCc2cnc3c(ccn3C3(CCC(C4CNC(=O)c5nn(cc(O)c5=O)CC5(CCCC5)n5ccc6c7c(cnc65)C7C4)C3)Cn3cc(O)c(=O)c1n3)c2. The number of nitrogens with one attached hydrogen (secondary N) is 2. The summed E-state index contributed by atoms with van der Waals surface area (Å²) >= 11 is 0. The minimum atomic E-state index is -0.814. The van der Waals surface area contributed by atoms with E-state index in [2.05, 4.69) is 60.6 Å². The van der Waals surface area contributed by atoms with Crippen LogP contribution in [0.1, 0.15) is 114 Å². The smallest absolute Gasteiger partial charge is 0.275 e. The molecule has 3 aliphatic carbocycles. The molecule has 2 amide bonds. The van der Waals surface area contributed by atoms with Gasteiger partial charge in [-0.2, -0.15) is 10.2 Å². The van der Waals surface area contributed by atoms with Crippen molar-refractivity contribution < 1.29 is 19.8 Å². The Balaban J connectivity index is 0.998. The second-order valence-corrected chi connectivity index (χ2v) is 18.3. The number of carbonyl (C=O) groups excluding carboxylic acids is 2. The van der Waals surface area contributed by atoms with Crippen molar-refractivity contribution in [3.63, 3.8) is 0 Å². The Kier molecular flexibility index (Phi) is 8.72. The van der Waals surface area contributed by atoms with Crippen molar-refractivity contribution in [1.29, 1.82) is 0 Å². The number of aryl methyl sites for hydroxylation is 1. The first-order valence-corrected chi connectivity index (χ1v) is 21.7. The van der Waals surface area contributed by atoms with Crippen LogP contribution >= 0.6 is 0 Å². The molecule has 6 aliphatic rings. The average Bonchev–Trinajstić information content (AvgIpc) is 3.82. The zero-order valence-electron chi connectivity index (χ0n) is 33.8. The van der Waals surface area contributed by atoms with E-state index in [0.29, 0.717) is 25.9 Å². The van der Waals surface area contributed by atoms with Crippen LogP contribution in [0.5, 0.6) is 11.5 Å². The van der Waals surface area contributed by atoms with Gasteiger partial charge < -0.3 is 30.0 Å². The van der Waals surface area contributed by atoms with E-state index < -0.39 is 39.7 Å². The maximum Gasteiger partial charge on any atom is 0.275 e. The molecule has 2 spiro atoms. The van der Waals surface area contributed by atoms with Crippen LogP contribution in [-0.4, -0.2) is 73.8 Å². The molecule has 16 heteroatoms. The summed E-state index contributed by atoms with van der Waals surface area (Å²) in [5.74, 6) is -2.18. The Morgan fingerprint density at radius 2 is 1.41 bits per heavy atom. The molecule has 4 unspecified atom stereocenters. The molecule has 4 N–H and O–H groups in total. The highest BCUT2D eigenvalue weighted by molar-refractivity contribution is 5.93. The number of carbonyl (C=O) groups is 2. The van der Waals surface area contributed by atoms with Gasteiger partial charge in [0.15, 0.2) is 22.9 Å². The molecule has 2 fully saturated rings. The molecule has 6 aromatic heterocycles. The Morgan fingerprint density at radius 1 is 0.721 bits per heavy atom. The molecule has 9 heterocycles. The van der Waals surface area contributed by atoms with E-state index in [1.165, 1.54) is 28.2 Å². The summed E-state index contributed by atoms with van der Waals surface area (Å²) in [7, 11) is 0. The van der Waals surface area contributed by atoms with E-state index >= 15 is 0 Å². The molecule has 0 saturated heterocycles. The van der Waals surface area contributed by atoms with Crippen molar-refractivity contribution in [3.05, 3.63) is 104 Å². The highest BCUT2D eigenvalue weighted by Crippen LogP contribution is 2.55. The number of hydrogen-bond acceptors (Lipinski definition) is 10. The van der Waals surface area contributed by atoms with Crippen LogP contribution in [0.15, 0.2) is 65.0 Å². The first-order chi connectivity index (χ1) is 29.6. The van der Waals surface area contributed by atoms with Crippen LogP contribution in [0.3, 0.4) is 0 Å². The molecule has 3 aliphatic heterocycles. The van der Waals surface area contributed by atoms with Gasteiger partial charge in [0.2, 0.25) is 0 Å². The third-order valence-electron chi connectivity index (χ3n) is 14.6. The molecule has 314 valence electrons. The summed E-state index contributed by atoms with van der Waals surface area (Å²) in [4.78, 5) is 63.8. The van der Waals surface area contributed by atoms with Gasteiger partial charge in [0.1, 0.15) is 11.3 Å². The lowest BCUT2D eigenvalue weighted by Gasteiger charge is -2.34. The maximum absolute atomic E-state index is 14.0. The zero-order valence-corrected chi connectivity index (χ0v) is 33.8. The largest absolute Gasteiger partial charge is 0.503 e. The van der Waals surface area contributed by atoms with Gasteiger partial charge in [-0.15, -0.1) is 0 Å². The van der Waals surface area contributed by atoms with E-state index in [-0.39, 0.29) is 47.8 Å². The number of rotatable bonds is 1. The second kappa shape index (κ2) is 14.1. The van der Waals surface area contributed by atoms with Crippen molar-refractivity contribution in [3.8, 4) is 11.5 Å². The van der Waals surface area contributed by atoms with Crippen LogP contribution in [0, 0.1) is 11.8 Å². The fourth-order valence-electron chi connectivity index (χ4n) is 11.5. The van der Waals surface area contributed by atoms with E-state index in [9.17, 15) is 29.4 Å². The molecule has 2 saturated carbocycles. The van der Waals surface area contributed by atoms with Gasteiger partial charge in [-0.3, -0.25) is 28.5 Å². The summed E-state index contributed by atoms with van der Waals surface area (Å²) < 4.78 is 7.52. The van der Waals surface area contributed by atoms with Gasteiger partial charge in [0.25, 0.3) is 22.7 Å². The molecule has 6 aromatic rings. The predicted octanol–water partition coefficient (Wildman–Crippen LogP) is 4.43. The summed E-state index contributed by atoms with van der Waals surface area (Å²) in [6, 6.07) is 6.45. The highest BCUT2D eigenvalue weighted by Gasteiger charge is 2.48. The molecule has 0 radical (unpaired) electrons. The second-order valence-electron chi connectivity index (χ2n) is 18.3. The van der Waals surface area contributed by atoms with Gasteiger partial charge in [-0.25, -0.2) is 9.97 Å². The van der Waals surface area contributed by atoms with Crippen molar-refractivity contribution in [2.24, 2.45) is 11.8 Å². The minimum Gasteiger partial charge on any atom is -0.503 e. The van der Waals surface area contributed by atoms with Crippen LogP contribution in [0.2, 0.25) is 0 Å². The topological polar surface area (TPSA) is 204 Å². The van der Waals surface area contributed by atoms with E-state index in [1.54, 1.807) is 4.68 Å². The number of aromatic nitrogens is 8. The number of aromatic hydroxyl groups is 2. The van der Waals surface area contributed by atoms with E-state index in [0.717, 1.165) is 91.8 Å². The quantitative estimate of drug-likeness (QED) is 0.184. The Hall–Kier alpha value is -6.32. The molecule has 12 rings (SSSR count). The summed E-state index contributed by atoms with van der Waals surface area (Å²) in [6.07, 6.45) is 20.7. The molecule has 4 atom stereocenters. The normalized spacial score (nSPS) is 25.0. The molecule has 12 bridgehead atoms.